The topological polar surface area (TPSA) is 68.3 Å². The summed E-state index contributed by atoms with van der Waals surface area (Å²) in [6.45, 7) is 4.30. The van der Waals surface area contributed by atoms with Crippen LogP contribution in [-0.4, -0.2) is 23.5 Å². The molecule has 1 atom stereocenters. The number of pyridine rings is 1. The molecule has 178 valence electrons. The first-order chi connectivity index (χ1) is 16.9. The number of amides is 1. The van der Waals surface area contributed by atoms with E-state index in [1.807, 2.05) is 54.6 Å². The first-order valence-electron chi connectivity index (χ1n) is 11.7. The number of carbonyl (C=O) groups is 2. The van der Waals surface area contributed by atoms with Crippen LogP contribution in [0.5, 0.6) is 0 Å². The Kier molecular flexibility index (Phi) is 6.71. The van der Waals surface area contributed by atoms with E-state index in [1.165, 1.54) is 11.3 Å². The van der Waals surface area contributed by atoms with Crippen LogP contribution >= 0.6 is 27.3 Å². The number of ether oxygens (including phenoxy) is 1. The number of carbonyl (C=O) groups excluding carboxylic acids is 2. The van der Waals surface area contributed by atoms with Gasteiger partial charge in [-0.3, -0.25) is 4.79 Å². The van der Waals surface area contributed by atoms with Crippen molar-refractivity contribution < 1.29 is 14.3 Å². The van der Waals surface area contributed by atoms with Gasteiger partial charge in [0.2, 0.25) is 0 Å². The molecule has 1 aliphatic carbocycles. The quantitative estimate of drug-likeness (QED) is 0.266. The summed E-state index contributed by atoms with van der Waals surface area (Å²) in [5.41, 5.74) is 4.40. The van der Waals surface area contributed by atoms with Gasteiger partial charge in [0.05, 0.1) is 28.9 Å². The zero-order valence-electron chi connectivity index (χ0n) is 19.6. The maximum Gasteiger partial charge on any atom is 0.341 e. The Hall–Kier alpha value is -3.03. The number of thiophene rings is 1. The first-order valence-corrected chi connectivity index (χ1v) is 13.3. The van der Waals surface area contributed by atoms with E-state index in [9.17, 15) is 9.59 Å². The molecular formula is C28H25BrN2O3S. The fraction of sp³-hybridized carbons (Fsp3) is 0.250. The standard InChI is InChI=1S/C28H25BrN2O3S/c1-3-34-28(33)25-20-12-11-16(2)13-24(20)35-27(25)31-26(32)21-15-23(17-7-6-8-18(29)14-17)30-22-10-5-4-9-19(21)22/h4-10,14-16H,3,11-13H2,1-2H3,(H,31,32)/t16-/m1/s1. The number of fused-ring (bicyclic) bond motifs is 2. The lowest BCUT2D eigenvalue weighted by atomic mass is 9.88. The van der Waals surface area contributed by atoms with E-state index in [0.29, 0.717) is 27.7 Å². The lowest BCUT2D eigenvalue weighted by molar-refractivity contribution is 0.0526. The van der Waals surface area contributed by atoms with Gasteiger partial charge in [0, 0.05) is 20.3 Å². The van der Waals surface area contributed by atoms with Gasteiger partial charge in [-0.2, -0.15) is 0 Å². The minimum atomic E-state index is -0.371. The molecule has 5 nitrogen and oxygen atoms in total. The van der Waals surface area contributed by atoms with E-state index in [-0.39, 0.29) is 18.5 Å². The van der Waals surface area contributed by atoms with Gasteiger partial charge in [-0.15, -0.1) is 11.3 Å². The third kappa shape index (κ3) is 4.75. The van der Waals surface area contributed by atoms with E-state index < -0.39 is 0 Å². The summed E-state index contributed by atoms with van der Waals surface area (Å²) in [7, 11) is 0. The molecule has 1 N–H and O–H groups in total. The highest BCUT2D eigenvalue weighted by Crippen LogP contribution is 2.40. The van der Waals surface area contributed by atoms with Gasteiger partial charge >= 0.3 is 5.97 Å². The van der Waals surface area contributed by atoms with E-state index in [0.717, 1.165) is 50.6 Å². The van der Waals surface area contributed by atoms with Gasteiger partial charge in [0.15, 0.2) is 0 Å². The van der Waals surface area contributed by atoms with Crippen molar-refractivity contribution in [1.29, 1.82) is 0 Å². The number of nitrogens with zero attached hydrogens (tertiary/aromatic N) is 1. The fourth-order valence-corrected chi connectivity index (χ4v) is 6.38. The second-order valence-electron chi connectivity index (χ2n) is 8.81. The van der Waals surface area contributed by atoms with Crippen molar-refractivity contribution in [3.8, 4) is 11.3 Å². The number of hydrogen-bond acceptors (Lipinski definition) is 5. The predicted octanol–water partition coefficient (Wildman–Crippen LogP) is 7.28. The second-order valence-corrected chi connectivity index (χ2v) is 10.8. The highest BCUT2D eigenvalue weighted by Gasteiger charge is 2.29. The fourth-order valence-electron chi connectivity index (χ4n) is 4.59. The minimum Gasteiger partial charge on any atom is -0.462 e. The molecule has 2 heterocycles. The first kappa shape index (κ1) is 23.7. The van der Waals surface area contributed by atoms with Gasteiger partial charge in [-0.05, 0) is 61.9 Å². The van der Waals surface area contributed by atoms with E-state index in [2.05, 4.69) is 28.2 Å². The average molecular weight is 549 g/mol. The van der Waals surface area contributed by atoms with Crippen LogP contribution in [-0.2, 0) is 17.6 Å². The molecule has 4 aromatic rings. The van der Waals surface area contributed by atoms with Crippen LogP contribution in [0.3, 0.4) is 0 Å². The molecule has 7 heteroatoms. The van der Waals surface area contributed by atoms with Crippen molar-refractivity contribution in [2.75, 3.05) is 11.9 Å². The lowest BCUT2D eigenvalue weighted by Gasteiger charge is -2.18. The molecule has 1 aliphatic rings. The van der Waals surface area contributed by atoms with Crippen molar-refractivity contribution in [3.63, 3.8) is 0 Å². The summed E-state index contributed by atoms with van der Waals surface area (Å²) >= 11 is 5.01. The summed E-state index contributed by atoms with van der Waals surface area (Å²) < 4.78 is 6.31. The molecule has 0 bridgehead atoms. The Morgan fingerprint density at radius 1 is 1.17 bits per heavy atom. The van der Waals surface area contributed by atoms with Crippen LogP contribution in [0.25, 0.3) is 22.2 Å². The molecule has 0 unspecified atom stereocenters. The molecule has 0 radical (unpaired) electrons. The largest absolute Gasteiger partial charge is 0.462 e. The molecule has 0 spiro atoms. The van der Waals surface area contributed by atoms with Crippen molar-refractivity contribution in [1.82, 2.24) is 4.98 Å². The lowest BCUT2D eigenvalue weighted by Crippen LogP contribution is -2.17. The second kappa shape index (κ2) is 9.91. The number of para-hydroxylation sites is 1. The van der Waals surface area contributed by atoms with Gasteiger partial charge in [0.1, 0.15) is 5.00 Å². The third-order valence-electron chi connectivity index (χ3n) is 6.30. The maximum atomic E-state index is 13.7. The number of benzene rings is 2. The van der Waals surface area contributed by atoms with Crippen LogP contribution in [0.15, 0.2) is 59.1 Å². The minimum absolute atomic E-state index is 0.267. The van der Waals surface area contributed by atoms with Crippen molar-refractivity contribution in [3.05, 3.63) is 80.6 Å². The van der Waals surface area contributed by atoms with Crippen molar-refractivity contribution in [2.45, 2.75) is 33.1 Å². The van der Waals surface area contributed by atoms with Crippen LogP contribution in [0.4, 0.5) is 5.00 Å². The number of rotatable bonds is 5. The Bertz CT molecular complexity index is 1450. The van der Waals surface area contributed by atoms with E-state index >= 15 is 0 Å². The molecule has 2 aromatic carbocycles. The van der Waals surface area contributed by atoms with Crippen LogP contribution < -0.4 is 5.32 Å². The SMILES string of the molecule is CCOC(=O)c1c(NC(=O)c2cc(-c3cccc(Br)c3)nc3ccccc23)sc2c1CC[C@@H](C)C2. The molecule has 1 amide bonds. The average Bonchev–Trinajstić information content (AvgIpc) is 3.20. The van der Waals surface area contributed by atoms with Crippen molar-refractivity contribution >= 4 is 55.0 Å². The molecule has 35 heavy (non-hydrogen) atoms. The molecule has 0 saturated carbocycles. The smallest absolute Gasteiger partial charge is 0.341 e. The monoisotopic (exact) mass is 548 g/mol. The van der Waals surface area contributed by atoms with E-state index in [1.54, 1.807) is 6.92 Å². The normalized spacial score (nSPS) is 15.0. The Balaban J connectivity index is 1.58. The zero-order chi connectivity index (χ0) is 24.5. The predicted molar refractivity (Wildman–Crippen MR) is 144 cm³/mol. The zero-order valence-corrected chi connectivity index (χ0v) is 22.0. The molecule has 0 fully saturated rings. The van der Waals surface area contributed by atoms with Crippen LogP contribution in [0.1, 0.15) is 51.4 Å². The Labute approximate surface area is 216 Å². The number of anilines is 1. The van der Waals surface area contributed by atoms with Crippen LogP contribution in [0.2, 0.25) is 0 Å². The molecule has 2 aromatic heterocycles. The van der Waals surface area contributed by atoms with Crippen molar-refractivity contribution in [2.24, 2.45) is 5.92 Å². The Morgan fingerprint density at radius 2 is 2.00 bits per heavy atom. The maximum absolute atomic E-state index is 13.7. The van der Waals surface area contributed by atoms with Gasteiger partial charge < -0.3 is 10.1 Å². The highest BCUT2D eigenvalue weighted by molar-refractivity contribution is 9.10. The highest BCUT2D eigenvalue weighted by atomic mass is 79.9. The third-order valence-corrected chi connectivity index (χ3v) is 7.96. The van der Waals surface area contributed by atoms with Gasteiger partial charge in [-0.1, -0.05) is 53.2 Å². The number of nitrogens with one attached hydrogen (secondary N) is 1. The summed E-state index contributed by atoms with van der Waals surface area (Å²) in [6, 6.07) is 17.3. The van der Waals surface area contributed by atoms with E-state index in [4.69, 9.17) is 9.72 Å². The summed E-state index contributed by atoms with van der Waals surface area (Å²) in [5.74, 6) is -0.0852. The number of esters is 1. The molecular weight excluding hydrogens is 524 g/mol. The summed E-state index contributed by atoms with van der Waals surface area (Å²) in [4.78, 5) is 32.6. The summed E-state index contributed by atoms with van der Waals surface area (Å²) in [6.07, 6.45) is 2.75. The van der Waals surface area contributed by atoms with Gasteiger partial charge in [0.25, 0.3) is 5.91 Å². The summed E-state index contributed by atoms with van der Waals surface area (Å²) in [5, 5.41) is 4.39. The number of hydrogen-bond donors (Lipinski definition) is 1. The molecule has 0 saturated heterocycles. The number of halogens is 1. The van der Waals surface area contributed by atoms with Crippen LogP contribution in [0, 0.1) is 5.92 Å². The Morgan fingerprint density at radius 3 is 2.80 bits per heavy atom. The molecule has 5 rings (SSSR count). The molecule has 0 aliphatic heterocycles. The van der Waals surface area contributed by atoms with Gasteiger partial charge in [-0.25, -0.2) is 9.78 Å². The number of aromatic nitrogens is 1.